The number of fused-ring (bicyclic) bond motifs is 1. The summed E-state index contributed by atoms with van der Waals surface area (Å²) in [5.74, 6) is -4.49. The van der Waals surface area contributed by atoms with Gasteiger partial charge in [0.1, 0.15) is 5.69 Å². The van der Waals surface area contributed by atoms with Crippen LogP contribution >= 0.6 is 0 Å². The van der Waals surface area contributed by atoms with Crippen molar-refractivity contribution >= 4 is 17.0 Å². The summed E-state index contributed by atoms with van der Waals surface area (Å²) in [4.78, 5) is 10.5. The van der Waals surface area contributed by atoms with Crippen LogP contribution in [0.3, 0.4) is 0 Å². The zero-order chi connectivity index (χ0) is 25.1. The monoisotopic (exact) mass is 497 g/mol. The molecule has 1 aliphatic rings. The molecule has 0 spiro atoms. The standard InChI is InChI=1S/C20H16F5N7O3/c1-8-28-29-18(35-8)12-7-32(3-4-34-12)19-26-6-10-15(30-31(2)17(10)27-19)9-5-11(20(23,24)25)14(22)16(33)13(9)21/h5-6,12,33H,3-4,7H2,1-2H3. The molecule has 0 aliphatic carbocycles. The van der Waals surface area contributed by atoms with Crippen molar-refractivity contribution in [3.63, 3.8) is 0 Å². The van der Waals surface area contributed by atoms with E-state index in [-0.39, 0.29) is 35.3 Å². The Kier molecular flexibility index (Phi) is 5.30. The third-order valence-corrected chi connectivity index (χ3v) is 5.47. The molecule has 3 aromatic heterocycles. The van der Waals surface area contributed by atoms with E-state index < -0.39 is 40.8 Å². The second kappa shape index (κ2) is 8.11. The van der Waals surface area contributed by atoms with Gasteiger partial charge in [-0.25, -0.2) is 18.4 Å². The Morgan fingerprint density at radius 3 is 2.63 bits per heavy atom. The number of hydrogen-bond donors (Lipinski definition) is 1. The van der Waals surface area contributed by atoms with Crippen LogP contribution in [0, 0.1) is 18.6 Å². The number of aromatic nitrogens is 6. The summed E-state index contributed by atoms with van der Waals surface area (Å²) in [6, 6.07) is 0.263. The number of halogens is 5. The SMILES string of the molecule is Cc1nnc(C2CN(c3ncc4c(-c5cc(C(F)(F)F)c(F)c(O)c5F)nn(C)c4n3)CCO2)o1. The fourth-order valence-corrected chi connectivity index (χ4v) is 3.80. The molecule has 1 atom stereocenters. The highest BCUT2D eigenvalue weighted by Crippen LogP contribution is 2.41. The summed E-state index contributed by atoms with van der Waals surface area (Å²) in [5, 5.41) is 21.6. The van der Waals surface area contributed by atoms with Crippen molar-refractivity contribution in [3.05, 3.63) is 41.2 Å². The Hall–Kier alpha value is -3.88. The van der Waals surface area contributed by atoms with Crippen molar-refractivity contribution in [2.45, 2.75) is 19.2 Å². The fraction of sp³-hybridized carbons (Fsp3) is 0.350. The number of hydrogen-bond acceptors (Lipinski definition) is 9. The number of aryl methyl sites for hydroxylation is 2. The first kappa shape index (κ1) is 22.9. The molecule has 1 aliphatic heterocycles. The summed E-state index contributed by atoms with van der Waals surface area (Å²) in [6.45, 7) is 2.67. The van der Waals surface area contributed by atoms with Crippen molar-refractivity contribution in [2.75, 3.05) is 24.6 Å². The fourth-order valence-electron chi connectivity index (χ4n) is 3.80. The van der Waals surface area contributed by atoms with Gasteiger partial charge in [0.15, 0.2) is 29.1 Å². The molecular formula is C20H16F5N7O3. The van der Waals surface area contributed by atoms with Gasteiger partial charge in [0, 0.05) is 32.3 Å². The lowest BCUT2D eigenvalue weighted by molar-refractivity contribution is -0.140. The smallest absolute Gasteiger partial charge is 0.419 e. The molecule has 0 saturated carbocycles. The van der Waals surface area contributed by atoms with Gasteiger partial charge in [0.25, 0.3) is 0 Å². The molecule has 1 fully saturated rings. The van der Waals surface area contributed by atoms with Gasteiger partial charge in [-0.05, 0) is 6.07 Å². The van der Waals surface area contributed by atoms with Crippen LogP contribution in [0.2, 0.25) is 0 Å². The minimum Gasteiger partial charge on any atom is -0.503 e. The Morgan fingerprint density at radius 2 is 1.94 bits per heavy atom. The third-order valence-electron chi connectivity index (χ3n) is 5.47. The third kappa shape index (κ3) is 3.90. The zero-order valence-electron chi connectivity index (χ0n) is 18.1. The largest absolute Gasteiger partial charge is 0.503 e. The number of nitrogens with zero attached hydrogens (tertiary/aromatic N) is 7. The van der Waals surface area contributed by atoms with Crippen molar-refractivity contribution in [3.8, 4) is 17.0 Å². The van der Waals surface area contributed by atoms with Crippen molar-refractivity contribution in [1.82, 2.24) is 29.9 Å². The molecule has 0 bridgehead atoms. The normalized spacial score (nSPS) is 16.9. The van der Waals surface area contributed by atoms with Crippen molar-refractivity contribution < 1.29 is 36.2 Å². The van der Waals surface area contributed by atoms with Gasteiger partial charge in [-0.15, -0.1) is 10.2 Å². The maximum atomic E-state index is 14.6. The van der Waals surface area contributed by atoms with Gasteiger partial charge in [-0.1, -0.05) is 0 Å². The number of anilines is 1. The summed E-state index contributed by atoms with van der Waals surface area (Å²) in [7, 11) is 1.46. The summed E-state index contributed by atoms with van der Waals surface area (Å²) >= 11 is 0. The minimum absolute atomic E-state index is 0.103. The number of rotatable bonds is 3. The van der Waals surface area contributed by atoms with E-state index in [0.717, 1.165) is 0 Å². The molecule has 1 aromatic carbocycles. The number of benzene rings is 1. The first-order valence-corrected chi connectivity index (χ1v) is 10.2. The topological polar surface area (TPSA) is 115 Å². The molecule has 5 rings (SSSR count). The van der Waals surface area contributed by atoms with E-state index in [2.05, 4.69) is 25.3 Å². The van der Waals surface area contributed by atoms with Crippen molar-refractivity contribution in [2.24, 2.45) is 7.05 Å². The number of aromatic hydroxyl groups is 1. The van der Waals surface area contributed by atoms with E-state index in [1.807, 2.05) is 0 Å². The number of phenolic OH excluding ortho intramolecular Hbond substituents is 1. The van der Waals surface area contributed by atoms with Crippen molar-refractivity contribution in [1.29, 1.82) is 0 Å². The Balaban J connectivity index is 1.54. The van der Waals surface area contributed by atoms with Gasteiger partial charge in [-0.3, -0.25) is 0 Å². The number of ether oxygens (including phenoxy) is 1. The van der Waals surface area contributed by atoms with E-state index in [9.17, 15) is 27.1 Å². The molecule has 15 heteroatoms. The molecular weight excluding hydrogens is 481 g/mol. The Labute approximate surface area is 193 Å². The van der Waals surface area contributed by atoms with Crippen LogP contribution in [0.25, 0.3) is 22.3 Å². The Morgan fingerprint density at radius 1 is 1.17 bits per heavy atom. The molecule has 1 saturated heterocycles. The van der Waals surface area contributed by atoms with Gasteiger partial charge < -0.3 is 19.2 Å². The number of morpholine rings is 1. The lowest BCUT2D eigenvalue weighted by Gasteiger charge is -2.31. The van der Waals surface area contributed by atoms with E-state index in [1.165, 1.54) is 17.9 Å². The molecule has 4 aromatic rings. The van der Waals surface area contributed by atoms with E-state index in [0.29, 0.717) is 24.9 Å². The first-order valence-electron chi connectivity index (χ1n) is 10.2. The molecule has 0 amide bonds. The van der Waals surface area contributed by atoms with Crippen LogP contribution in [-0.2, 0) is 18.0 Å². The average Bonchev–Trinajstić information content (AvgIpc) is 3.40. The van der Waals surface area contributed by atoms with Gasteiger partial charge >= 0.3 is 6.18 Å². The van der Waals surface area contributed by atoms with Crippen LogP contribution in [0.1, 0.15) is 23.4 Å². The lowest BCUT2D eigenvalue weighted by Crippen LogP contribution is -2.39. The molecule has 10 nitrogen and oxygen atoms in total. The number of alkyl halides is 3. The van der Waals surface area contributed by atoms with E-state index >= 15 is 0 Å². The van der Waals surface area contributed by atoms with Gasteiger partial charge in [0.05, 0.1) is 24.1 Å². The van der Waals surface area contributed by atoms with Crippen LogP contribution < -0.4 is 4.90 Å². The van der Waals surface area contributed by atoms with Crippen LogP contribution in [-0.4, -0.2) is 54.7 Å². The van der Waals surface area contributed by atoms with Crippen LogP contribution in [0.4, 0.5) is 27.9 Å². The molecule has 1 N–H and O–H groups in total. The van der Waals surface area contributed by atoms with Gasteiger partial charge in [0.2, 0.25) is 17.7 Å². The second-order valence-electron chi connectivity index (χ2n) is 7.79. The second-order valence-corrected chi connectivity index (χ2v) is 7.79. The quantitative estimate of drug-likeness (QED) is 0.426. The summed E-state index contributed by atoms with van der Waals surface area (Å²) < 4.78 is 80.6. The number of phenols is 1. The molecule has 1 unspecified atom stereocenters. The van der Waals surface area contributed by atoms with E-state index in [1.54, 1.807) is 11.8 Å². The lowest BCUT2D eigenvalue weighted by atomic mass is 10.0. The van der Waals surface area contributed by atoms with Gasteiger partial charge in [-0.2, -0.15) is 23.3 Å². The predicted octanol–water partition coefficient (Wildman–Crippen LogP) is 3.30. The highest BCUT2D eigenvalue weighted by molar-refractivity contribution is 5.91. The average molecular weight is 497 g/mol. The van der Waals surface area contributed by atoms with E-state index in [4.69, 9.17) is 9.15 Å². The summed E-state index contributed by atoms with van der Waals surface area (Å²) in [5.41, 5.74) is -2.67. The Bertz CT molecular complexity index is 1430. The van der Waals surface area contributed by atoms with Crippen LogP contribution in [0.15, 0.2) is 16.7 Å². The zero-order valence-corrected chi connectivity index (χ0v) is 18.1. The molecule has 184 valence electrons. The highest BCUT2D eigenvalue weighted by Gasteiger charge is 2.38. The molecule has 35 heavy (non-hydrogen) atoms. The maximum Gasteiger partial charge on any atom is 0.419 e. The van der Waals surface area contributed by atoms with Crippen LogP contribution in [0.5, 0.6) is 5.75 Å². The maximum absolute atomic E-state index is 14.6. The predicted molar refractivity (Wildman–Crippen MR) is 108 cm³/mol. The molecule has 4 heterocycles. The first-order chi connectivity index (χ1) is 16.5. The summed E-state index contributed by atoms with van der Waals surface area (Å²) in [6.07, 6.45) is -4.42. The minimum atomic E-state index is -5.16. The molecule has 0 radical (unpaired) electrons. The highest BCUT2D eigenvalue weighted by atomic mass is 19.4.